The summed E-state index contributed by atoms with van der Waals surface area (Å²) < 4.78 is 1.43. The fourth-order valence-corrected chi connectivity index (χ4v) is 1.38. The van der Waals surface area contributed by atoms with Crippen LogP contribution in [0.2, 0.25) is 0 Å². The molecule has 0 nitrogen and oxygen atoms in total. The van der Waals surface area contributed by atoms with Crippen LogP contribution in [0.1, 0.15) is 12.8 Å². The molecule has 1 aliphatic carbocycles. The van der Waals surface area contributed by atoms with Crippen molar-refractivity contribution in [3.8, 4) is 0 Å². The Morgan fingerprint density at radius 2 is 2.56 bits per heavy atom. The van der Waals surface area contributed by atoms with Crippen molar-refractivity contribution in [2.45, 2.75) is 12.8 Å². The summed E-state index contributed by atoms with van der Waals surface area (Å²) in [6.07, 6.45) is 8.42. The quantitative estimate of drug-likeness (QED) is 0.480. The predicted molar refractivity (Wildman–Crippen MR) is 35.6 cm³/mol. The van der Waals surface area contributed by atoms with Gasteiger partial charge in [0.15, 0.2) is 0 Å². The number of hydrogen-bond donors (Lipinski definition) is 0. The first-order valence-corrected chi connectivity index (χ1v) is 3.85. The van der Waals surface area contributed by atoms with Crippen molar-refractivity contribution in [2.24, 2.45) is 0 Å². The van der Waals surface area contributed by atoms with E-state index in [1.807, 2.05) is 6.08 Å². The van der Waals surface area contributed by atoms with E-state index in [1.54, 1.807) is 0 Å². The monoisotopic (exact) mass is 207 g/mol. The van der Waals surface area contributed by atoms with Gasteiger partial charge in [-0.3, -0.25) is 0 Å². The molecule has 0 spiro atoms. The molecule has 0 N–H and O–H groups in total. The third-order valence-electron chi connectivity index (χ3n) is 1.32. The van der Waals surface area contributed by atoms with Crippen molar-refractivity contribution in [3.63, 3.8) is 0 Å². The molecule has 1 aliphatic rings. The van der Waals surface area contributed by atoms with E-state index in [9.17, 15) is 0 Å². The van der Waals surface area contributed by atoms with E-state index in [0.29, 0.717) is 0 Å². The first kappa shape index (κ1) is 6.96. The molecule has 0 aromatic heterocycles. The zero-order valence-corrected chi connectivity index (χ0v) is 6.95. The Labute approximate surface area is 66.0 Å². The van der Waals surface area contributed by atoms with Gasteiger partial charge in [0.2, 0.25) is 0 Å². The van der Waals surface area contributed by atoms with Crippen molar-refractivity contribution in [2.75, 3.05) is 0 Å². The Balaban J connectivity index is 2.64. The minimum atomic E-state index is 1.01. The zero-order valence-electron chi connectivity index (χ0n) is 5.21. The summed E-state index contributed by atoms with van der Waals surface area (Å²) in [7, 11) is 0. The number of rotatable bonds is 2. The van der Waals surface area contributed by atoms with Crippen LogP contribution in [-0.2, 0) is 18.3 Å². The van der Waals surface area contributed by atoms with Crippen LogP contribution in [-0.4, -0.2) is 0 Å². The third kappa shape index (κ3) is 1.62. The fourth-order valence-electron chi connectivity index (χ4n) is 0.853. The first-order valence-electron chi connectivity index (χ1n) is 2.98. The standard InChI is InChI=1S/C8H9.Ru/c1-2-5-8-6-3-4-7-8;/h2-3,6H,1,4-5H2;. The van der Waals surface area contributed by atoms with Crippen molar-refractivity contribution in [1.29, 1.82) is 0 Å². The Hall–Kier alpha value is -0.157. The van der Waals surface area contributed by atoms with Crippen LogP contribution in [0.15, 0.2) is 34.5 Å². The second kappa shape index (κ2) is 3.12. The average molecular weight is 206 g/mol. The van der Waals surface area contributed by atoms with Crippen LogP contribution in [0.5, 0.6) is 0 Å². The van der Waals surface area contributed by atoms with Gasteiger partial charge in [0.1, 0.15) is 0 Å². The van der Waals surface area contributed by atoms with Gasteiger partial charge in [0.05, 0.1) is 0 Å². The first-order chi connectivity index (χ1) is 4.34. The van der Waals surface area contributed by atoms with E-state index in [1.165, 1.54) is 9.74 Å². The molecule has 1 heteroatoms. The maximum atomic E-state index is 3.68. The molecule has 0 unspecified atom stereocenters. The number of hydrogen-bond acceptors (Lipinski definition) is 0. The normalized spacial score (nSPS) is 17.0. The summed E-state index contributed by atoms with van der Waals surface area (Å²) in [5.74, 6) is 0. The molecule has 9 heavy (non-hydrogen) atoms. The molecule has 0 atom stereocenters. The van der Waals surface area contributed by atoms with Gasteiger partial charge in [-0.05, 0) is 0 Å². The molecule has 1 rings (SSSR count). The minimum absolute atomic E-state index is 1.01. The summed E-state index contributed by atoms with van der Waals surface area (Å²) in [4.78, 5) is 0. The van der Waals surface area contributed by atoms with Crippen LogP contribution < -0.4 is 0 Å². The molecule has 0 bridgehead atoms. The molecule has 0 fully saturated rings. The Kier molecular flexibility index (Phi) is 2.41. The van der Waals surface area contributed by atoms with E-state index in [4.69, 9.17) is 0 Å². The van der Waals surface area contributed by atoms with Crippen LogP contribution in [0, 0.1) is 0 Å². The second-order valence-corrected chi connectivity index (χ2v) is 3.06. The van der Waals surface area contributed by atoms with Crippen molar-refractivity contribution >= 4 is 0 Å². The summed E-state index contributed by atoms with van der Waals surface area (Å²) in [6, 6.07) is 0. The topological polar surface area (TPSA) is 0 Å². The molecule has 0 saturated heterocycles. The fraction of sp³-hybridized carbons (Fsp3) is 0.250. The Bertz CT molecular complexity index is 175. The van der Waals surface area contributed by atoms with E-state index in [0.717, 1.165) is 12.8 Å². The van der Waals surface area contributed by atoms with Crippen LogP contribution in [0.3, 0.4) is 0 Å². The van der Waals surface area contributed by atoms with Gasteiger partial charge in [0.25, 0.3) is 0 Å². The van der Waals surface area contributed by atoms with E-state index in [-0.39, 0.29) is 0 Å². The van der Waals surface area contributed by atoms with Crippen molar-refractivity contribution < 1.29 is 18.3 Å². The molecule has 0 aromatic rings. The molecule has 0 heterocycles. The SMILES string of the molecule is C=CCC1=[C]([Ru])CC=C1. The molecular formula is C8H9Ru. The summed E-state index contributed by atoms with van der Waals surface area (Å²) in [6.45, 7) is 3.68. The Morgan fingerprint density at radius 1 is 1.78 bits per heavy atom. The van der Waals surface area contributed by atoms with Gasteiger partial charge >= 0.3 is 65.7 Å². The zero-order chi connectivity index (χ0) is 6.69. The Morgan fingerprint density at radius 3 is 3.00 bits per heavy atom. The average Bonchev–Trinajstić information content (AvgIpc) is 2.18. The van der Waals surface area contributed by atoms with E-state index in [2.05, 4.69) is 37.0 Å². The summed E-state index contributed by atoms with van der Waals surface area (Å²) in [5.41, 5.74) is 1.42. The van der Waals surface area contributed by atoms with Crippen LogP contribution in [0.4, 0.5) is 0 Å². The van der Waals surface area contributed by atoms with Crippen LogP contribution >= 0.6 is 0 Å². The number of allylic oxidation sites excluding steroid dienone is 5. The van der Waals surface area contributed by atoms with Gasteiger partial charge in [-0.15, -0.1) is 0 Å². The van der Waals surface area contributed by atoms with Crippen LogP contribution in [0.25, 0.3) is 0 Å². The molecule has 0 radical (unpaired) electrons. The van der Waals surface area contributed by atoms with Crippen molar-refractivity contribution in [3.05, 3.63) is 34.5 Å². The van der Waals surface area contributed by atoms with Gasteiger partial charge in [-0.2, -0.15) is 0 Å². The molecule has 0 amide bonds. The molecule has 0 saturated carbocycles. The van der Waals surface area contributed by atoms with Gasteiger partial charge in [-0.25, -0.2) is 0 Å². The molecular weight excluding hydrogens is 197 g/mol. The van der Waals surface area contributed by atoms with Crippen molar-refractivity contribution in [1.82, 2.24) is 0 Å². The summed E-state index contributed by atoms with van der Waals surface area (Å²) >= 11 is 2.66. The molecule has 0 aliphatic heterocycles. The van der Waals surface area contributed by atoms with E-state index >= 15 is 0 Å². The maximum absolute atomic E-state index is 3.68. The van der Waals surface area contributed by atoms with Gasteiger partial charge in [0, 0.05) is 0 Å². The third-order valence-corrected chi connectivity index (χ3v) is 2.23. The molecule has 0 aromatic carbocycles. The predicted octanol–water partition coefficient (Wildman–Crippen LogP) is 2.32. The molecule has 49 valence electrons. The van der Waals surface area contributed by atoms with E-state index < -0.39 is 0 Å². The van der Waals surface area contributed by atoms with Gasteiger partial charge in [-0.1, -0.05) is 0 Å². The van der Waals surface area contributed by atoms with Gasteiger partial charge < -0.3 is 0 Å². The summed E-state index contributed by atoms with van der Waals surface area (Å²) in [5, 5.41) is 0. The second-order valence-electron chi connectivity index (χ2n) is 2.01.